The lowest BCUT2D eigenvalue weighted by Gasteiger charge is -1.96. The standard InChI is InChI=1S/C8H14N2O3S.BrH/c1-9-5-6-10(8-9)4-2-3-7-14(11,12)13;/h5-6,8H,2-4,7H2,1H3;1H. The van der Waals surface area contributed by atoms with E-state index in [4.69, 9.17) is 4.55 Å². The minimum absolute atomic E-state index is 0. The van der Waals surface area contributed by atoms with E-state index in [1.54, 1.807) is 0 Å². The van der Waals surface area contributed by atoms with Crippen molar-refractivity contribution < 1.29 is 34.5 Å². The third-order valence-corrected chi connectivity index (χ3v) is 2.70. The van der Waals surface area contributed by atoms with Crippen LogP contribution in [0.1, 0.15) is 12.8 Å². The van der Waals surface area contributed by atoms with Crippen molar-refractivity contribution in [2.75, 3.05) is 5.75 Å². The van der Waals surface area contributed by atoms with Crippen LogP contribution in [0.15, 0.2) is 18.7 Å². The summed E-state index contributed by atoms with van der Waals surface area (Å²) < 4.78 is 33.2. The number of nitrogens with zero attached hydrogens (tertiary/aromatic N) is 2. The molecule has 0 bridgehead atoms. The first kappa shape index (κ1) is 14.6. The normalized spacial score (nSPS) is 11.1. The highest BCUT2D eigenvalue weighted by Crippen LogP contribution is 1.97. The van der Waals surface area contributed by atoms with Crippen LogP contribution in [0.5, 0.6) is 0 Å². The van der Waals surface area contributed by atoms with Crippen LogP contribution in [0.2, 0.25) is 0 Å². The Bertz CT molecular complexity index is 388. The zero-order valence-corrected chi connectivity index (χ0v) is 10.9. The lowest BCUT2D eigenvalue weighted by molar-refractivity contribution is -0.671. The maximum Gasteiger partial charge on any atom is 0.264 e. The maximum atomic E-state index is 10.4. The van der Waals surface area contributed by atoms with Crippen molar-refractivity contribution in [3.63, 3.8) is 0 Å². The third kappa shape index (κ3) is 6.64. The van der Waals surface area contributed by atoms with Gasteiger partial charge in [-0.05, 0) is 12.8 Å². The van der Waals surface area contributed by atoms with E-state index < -0.39 is 10.1 Å². The van der Waals surface area contributed by atoms with Gasteiger partial charge in [0.2, 0.25) is 6.33 Å². The van der Waals surface area contributed by atoms with Gasteiger partial charge >= 0.3 is 0 Å². The highest BCUT2D eigenvalue weighted by atomic mass is 79.9. The van der Waals surface area contributed by atoms with Gasteiger partial charge in [0.1, 0.15) is 12.4 Å². The van der Waals surface area contributed by atoms with Gasteiger partial charge in [-0.2, -0.15) is 8.42 Å². The van der Waals surface area contributed by atoms with E-state index in [0.717, 1.165) is 13.0 Å². The molecule has 0 radical (unpaired) electrons. The van der Waals surface area contributed by atoms with Crippen LogP contribution in [-0.4, -0.2) is 23.3 Å². The first-order chi connectivity index (χ1) is 6.47. The Hall–Kier alpha value is -0.400. The molecule has 88 valence electrons. The molecule has 0 fully saturated rings. The van der Waals surface area contributed by atoms with E-state index in [-0.39, 0.29) is 22.7 Å². The Morgan fingerprint density at radius 1 is 1.40 bits per heavy atom. The quantitative estimate of drug-likeness (QED) is 0.358. The Kier molecular flexibility index (Phi) is 6.07. The molecule has 0 aliphatic carbocycles. The van der Waals surface area contributed by atoms with Gasteiger partial charge in [0.15, 0.2) is 0 Å². The lowest BCUT2D eigenvalue weighted by atomic mass is 10.3. The average molecular weight is 299 g/mol. The number of rotatable bonds is 5. The predicted octanol–water partition coefficient (Wildman–Crippen LogP) is -3.02. The molecule has 1 heterocycles. The van der Waals surface area contributed by atoms with Gasteiger partial charge in [-0.25, -0.2) is 9.13 Å². The zero-order chi connectivity index (χ0) is 10.6. The molecule has 15 heavy (non-hydrogen) atoms. The summed E-state index contributed by atoms with van der Waals surface area (Å²) in [5.74, 6) is -0.152. The van der Waals surface area contributed by atoms with Gasteiger partial charge in [0, 0.05) is 0 Å². The van der Waals surface area contributed by atoms with Crippen molar-refractivity contribution in [3.8, 4) is 0 Å². The number of aromatic nitrogens is 2. The molecule has 0 aromatic carbocycles. The molecule has 0 spiro atoms. The SMILES string of the molecule is C[n+]1ccn(CCCCS(=O)(=O)O)c1.[Br-]. The third-order valence-electron chi connectivity index (χ3n) is 1.89. The molecule has 0 saturated heterocycles. The largest absolute Gasteiger partial charge is 1.00 e. The van der Waals surface area contributed by atoms with Crippen LogP contribution in [-0.2, 0) is 23.7 Å². The number of hydrogen-bond donors (Lipinski definition) is 1. The highest BCUT2D eigenvalue weighted by molar-refractivity contribution is 7.85. The van der Waals surface area contributed by atoms with Crippen molar-refractivity contribution in [2.24, 2.45) is 7.05 Å². The average Bonchev–Trinajstić information content (AvgIpc) is 2.44. The fraction of sp³-hybridized carbons (Fsp3) is 0.625. The Balaban J connectivity index is 0.00000196. The fourth-order valence-corrected chi connectivity index (χ4v) is 1.78. The number of halogens is 1. The molecular formula is C8H15BrN2O3S. The number of imidazole rings is 1. The van der Waals surface area contributed by atoms with E-state index in [0.29, 0.717) is 6.42 Å². The number of hydrogen-bond acceptors (Lipinski definition) is 2. The van der Waals surface area contributed by atoms with E-state index in [2.05, 4.69) is 0 Å². The van der Waals surface area contributed by atoms with E-state index >= 15 is 0 Å². The van der Waals surface area contributed by atoms with Gasteiger partial charge in [-0.15, -0.1) is 0 Å². The van der Waals surface area contributed by atoms with E-state index in [1.807, 2.05) is 34.9 Å². The van der Waals surface area contributed by atoms with E-state index in [1.165, 1.54) is 0 Å². The van der Waals surface area contributed by atoms with Gasteiger partial charge in [-0.1, -0.05) is 0 Å². The summed E-state index contributed by atoms with van der Waals surface area (Å²) in [7, 11) is -1.86. The molecule has 1 aromatic rings. The topological polar surface area (TPSA) is 63.2 Å². The molecule has 0 saturated carbocycles. The molecular weight excluding hydrogens is 284 g/mol. The van der Waals surface area contributed by atoms with Crippen LogP contribution in [0.25, 0.3) is 0 Å². The second kappa shape index (κ2) is 6.24. The summed E-state index contributed by atoms with van der Waals surface area (Å²) >= 11 is 0. The van der Waals surface area contributed by atoms with E-state index in [9.17, 15) is 8.42 Å². The second-order valence-electron chi connectivity index (χ2n) is 3.31. The Morgan fingerprint density at radius 2 is 2.07 bits per heavy atom. The Morgan fingerprint density at radius 3 is 2.53 bits per heavy atom. The van der Waals surface area contributed by atoms with Crippen molar-refractivity contribution >= 4 is 10.1 Å². The van der Waals surface area contributed by atoms with Crippen molar-refractivity contribution in [1.29, 1.82) is 0 Å². The summed E-state index contributed by atoms with van der Waals surface area (Å²) in [6.07, 6.45) is 7.00. The first-order valence-electron chi connectivity index (χ1n) is 4.43. The first-order valence-corrected chi connectivity index (χ1v) is 6.04. The van der Waals surface area contributed by atoms with Crippen LogP contribution in [0.4, 0.5) is 0 Å². The van der Waals surface area contributed by atoms with Crippen molar-refractivity contribution in [1.82, 2.24) is 4.57 Å². The summed E-state index contributed by atoms with van der Waals surface area (Å²) in [6.45, 7) is 0.774. The van der Waals surface area contributed by atoms with Gasteiger partial charge in [0.05, 0.1) is 19.3 Å². The van der Waals surface area contributed by atoms with Crippen molar-refractivity contribution in [2.45, 2.75) is 19.4 Å². The molecule has 0 amide bonds. The molecule has 1 rings (SSSR count). The molecule has 7 heteroatoms. The molecule has 0 atom stereocenters. The molecule has 1 N–H and O–H groups in total. The van der Waals surface area contributed by atoms with Crippen LogP contribution in [0, 0.1) is 0 Å². The van der Waals surface area contributed by atoms with Crippen LogP contribution < -0.4 is 21.5 Å². The molecule has 0 unspecified atom stereocenters. The summed E-state index contributed by atoms with van der Waals surface area (Å²) in [4.78, 5) is 0. The minimum atomic E-state index is -3.79. The van der Waals surface area contributed by atoms with Crippen LogP contribution >= 0.6 is 0 Å². The van der Waals surface area contributed by atoms with Gasteiger partial charge < -0.3 is 17.0 Å². The number of unbranched alkanes of at least 4 members (excludes halogenated alkanes) is 1. The maximum absolute atomic E-state index is 10.4. The zero-order valence-electron chi connectivity index (χ0n) is 8.50. The monoisotopic (exact) mass is 298 g/mol. The van der Waals surface area contributed by atoms with Crippen LogP contribution in [0.3, 0.4) is 0 Å². The fourth-order valence-electron chi connectivity index (χ4n) is 1.21. The number of aryl methyl sites for hydroxylation is 2. The molecule has 0 aliphatic heterocycles. The van der Waals surface area contributed by atoms with Gasteiger partial charge in [-0.3, -0.25) is 4.55 Å². The summed E-state index contributed by atoms with van der Waals surface area (Å²) in [6, 6.07) is 0. The summed E-state index contributed by atoms with van der Waals surface area (Å²) in [5, 5.41) is 0. The minimum Gasteiger partial charge on any atom is -1.00 e. The molecule has 5 nitrogen and oxygen atoms in total. The van der Waals surface area contributed by atoms with Crippen molar-refractivity contribution in [3.05, 3.63) is 18.7 Å². The lowest BCUT2D eigenvalue weighted by Crippen LogP contribution is -3.00. The molecule has 1 aromatic heterocycles. The summed E-state index contributed by atoms with van der Waals surface area (Å²) in [5.41, 5.74) is 0. The predicted molar refractivity (Wildman–Crippen MR) is 51.3 cm³/mol. The molecule has 0 aliphatic rings. The van der Waals surface area contributed by atoms with Gasteiger partial charge in [0.25, 0.3) is 10.1 Å². The highest BCUT2D eigenvalue weighted by Gasteiger charge is 2.05. The Labute approximate surface area is 100 Å². The second-order valence-corrected chi connectivity index (χ2v) is 4.88. The smallest absolute Gasteiger partial charge is 0.264 e.